The number of hydrogen-bond donors (Lipinski definition) is 0. The second-order valence-electron chi connectivity index (χ2n) is 6.02. The summed E-state index contributed by atoms with van der Waals surface area (Å²) in [7, 11) is 4.77. The SMILES string of the molecule is COCCN1C(=O)/C(=C\c2cc(OC)c(OC)cc2Br)SC1=Nc1ccccc1. The Bertz CT molecular complexity index is 947. The van der Waals surface area contributed by atoms with Crippen molar-refractivity contribution in [1.29, 1.82) is 0 Å². The van der Waals surface area contributed by atoms with Crippen LogP contribution in [-0.2, 0) is 9.53 Å². The number of halogens is 1. The molecule has 29 heavy (non-hydrogen) atoms. The fraction of sp³-hybridized carbons (Fsp3) is 0.238. The molecule has 0 saturated carbocycles. The first-order valence-corrected chi connectivity index (χ1v) is 10.4. The van der Waals surface area contributed by atoms with Gasteiger partial charge in [-0.15, -0.1) is 0 Å². The molecular weight excluding hydrogens is 456 g/mol. The number of nitrogens with zero attached hydrogens (tertiary/aromatic N) is 2. The molecule has 2 aromatic carbocycles. The van der Waals surface area contributed by atoms with Crippen LogP contribution in [0.4, 0.5) is 5.69 Å². The summed E-state index contributed by atoms with van der Waals surface area (Å²) in [4.78, 5) is 19.9. The van der Waals surface area contributed by atoms with E-state index in [4.69, 9.17) is 14.2 Å². The zero-order valence-corrected chi connectivity index (χ0v) is 18.7. The molecule has 0 bridgehead atoms. The van der Waals surface area contributed by atoms with Crippen LogP contribution in [0.15, 0.2) is 56.8 Å². The van der Waals surface area contributed by atoms with Gasteiger partial charge < -0.3 is 14.2 Å². The highest BCUT2D eigenvalue weighted by Gasteiger charge is 2.33. The van der Waals surface area contributed by atoms with Gasteiger partial charge in [0, 0.05) is 11.6 Å². The van der Waals surface area contributed by atoms with Crippen LogP contribution in [0.2, 0.25) is 0 Å². The van der Waals surface area contributed by atoms with Crippen LogP contribution in [0.25, 0.3) is 6.08 Å². The summed E-state index contributed by atoms with van der Waals surface area (Å²) in [6.45, 7) is 0.853. The van der Waals surface area contributed by atoms with Gasteiger partial charge in [0.2, 0.25) is 0 Å². The van der Waals surface area contributed by atoms with Gasteiger partial charge in [-0.05, 0) is 47.7 Å². The molecular formula is C21H21BrN2O4S. The van der Waals surface area contributed by atoms with E-state index < -0.39 is 0 Å². The number of rotatable bonds is 7. The Morgan fingerprint density at radius 2 is 1.79 bits per heavy atom. The molecule has 0 aliphatic carbocycles. The quantitative estimate of drug-likeness (QED) is 0.541. The number of thioether (sulfide) groups is 1. The highest BCUT2D eigenvalue weighted by Crippen LogP contribution is 2.38. The van der Waals surface area contributed by atoms with Gasteiger partial charge in [-0.25, -0.2) is 4.99 Å². The van der Waals surface area contributed by atoms with E-state index in [1.54, 1.807) is 26.2 Å². The Kier molecular flexibility index (Phi) is 7.35. The maximum absolute atomic E-state index is 13.0. The Balaban J connectivity index is 1.98. The van der Waals surface area contributed by atoms with Crippen molar-refractivity contribution >= 4 is 50.5 Å². The van der Waals surface area contributed by atoms with E-state index in [-0.39, 0.29) is 5.91 Å². The molecule has 1 saturated heterocycles. The van der Waals surface area contributed by atoms with Crippen molar-refractivity contribution in [2.24, 2.45) is 4.99 Å². The summed E-state index contributed by atoms with van der Waals surface area (Å²) in [5.41, 5.74) is 1.60. The number of carbonyl (C=O) groups excluding carboxylic acids is 1. The molecule has 0 aromatic heterocycles. The van der Waals surface area contributed by atoms with E-state index >= 15 is 0 Å². The number of carbonyl (C=O) groups is 1. The molecule has 152 valence electrons. The molecule has 0 radical (unpaired) electrons. The van der Waals surface area contributed by atoms with E-state index in [9.17, 15) is 4.79 Å². The zero-order chi connectivity index (χ0) is 20.8. The predicted molar refractivity (Wildman–Crippen MR) is 120 cm³/mol. The second-order valence-corrected chi connectivity index (χ2v) is 7.88. The Labute approximate surface area is 182 Å². The number of aliphatic imine (C=N–C) groups is 1. The maximum atomic E-state index is 13.0. The highest BCUT2D eigenvalue weighted by atomic mass is 79.9. The van der Waals surface area contributed by atoms with Gasteiger partial charge in [-0.3, -0.25) is 9.69 Å². The van der Waals surface area contributed by atoms with Crippen molar-refractivity contribution in [3.05, 3.63) is 57.4 Å². The molecule has 1 heterocycles. The van der Waals surface area contributed by atoms with Gasteiger partial charge >= 0.3 is 0 Å². The molecule has 6 nitrogen and oxygen atoms in total. The van der Waals surface area contributed by atoms with Gasteiger partial charge in [0.1, 0.15) is 0 Å². The van der Waals surface area contributed by atoms with E-state index in [1.165, 1.54) is 11.8 Å². The summed E-state index contributed by atoms with van der Waals surface area (Å²) in [5, 5.41) is 0.626. The number of ether oxygens (including phenoxy) is 3. The lowest BCUT2D eigenvalue weighted by atomic mass is 10.2. The van der Waals surface area contributed by atoms with Crippen LogP contribution < -0.4 is 9.47 Å². The molecule has 1 aliphatic rings. The van der Waals surface area contributed by atoms with Crippen LogP contribution >= 0.6 is 27.7 Å². The van der Waals surface area contributed by atoms with E-state index in [0.29, 0.717) is 34.7 Å². The number of para-hydroxylation sites is 1. The Hall–Kier alpha value is -2.29. The molecule has 1 aliphatic heterocycles. The van der Waals surface area contributed by atoms with E-state index in [0.717, 1.165) is 15.7 Å². The standard InChI is InChI=1S/C21H21BrN2O4S/c1-26-10-9-24-20(25)19(29-21(24)23-15-7-5-4-6-8-15)12-14-11-17(27-2)18(28-3)13-16(14)22/h4-8,11-13H,9-10H2,1-3H3/b19-12+,23-21?. The fourth-order valence-electron chi connectivity index (χ4n) is 2.71. The molecule has 8 heteroatoms. The molecule has 3 rings (SSSR count). The van der Waals surface area contributed by atoms with Crippen molar-refractivity contribution in [1.82, 2.24) is 4.90 Å². The molecule has 0 unspecified atom stereocenters. The smallest absolute Gasteiger partial charge is 0.266 e. The van der Waals surface area contributed by atoms with Gasteiger partial charge in [0.25, 0.3) is 5.91 Å². The Morgan fingerprint density at radius 3 is 2.45 bits per heavy atom. The monoisotopic (exact) mass is 476 g/mol. The summed E-state index contributed by atoms with van der Waals surface area (Å²) in [5.74, 6) is 1.09. The minimum absolute atomic E-state index is 0.108. The highest BCUT2D eigenvalue weighted by molar-refractivity contribution is 9.10. The third-order valence-electron chi connectivity index (χ3n) is 4.18. The molecule has 0 spiro atoms. The van der Waals surface area contributed by atoms with Crippen molar-refractivity contribution in [2.45, 2.75) is 0 Å². The van der Waals surface area contributed by atoms with Crippen molar-refractivity contribution in [3.8, 4) is 11.5 Å². The summed E-state index contributed by atoms with van der Waals surface area (Å²) in [6, 6.07) is 13.2. The fourth-order valence-corrected chi connectivity index (χ4v) is 4.16. The lowest BCUT2D eigenvalue weighted by molar-refractivity contribution is -0.122. The molecule has 0 N–H and O–H groups in total. The first kappa shape index (κ1) is 21.4. The first-order chi connectivity index (χ1) is 14.1. The summed E-state index contributed by atoms with van der Waals surface area (Å²) >= 11 is 4.88. The normalized spacial score (nSPS) is 16.7. The molecule has 2 aromatic rings. The summed E-state index contributed by atoms with van der Waals surface area (Å²) in [6.07, 6.45) is 1.83. The number of amidine groups is 1. The van der Waals surface area contributed by atoms with E-state index in [2.05, 4.69) is 20.9 Å². The van der Waals surface area contributed by atoms with Crippen LogP contribution in [0.5, 0.6) is 11.5 Å². The van der Waals surface area contributed by atoms with Gasteiger partial charge in [-0.1, -0.05) is 34.1 Å². The number of amides is 1. The molecule has 0 atom stereocenters. The average Bonchev–Trinajstić information content (AvgIpc) is 3.02. The topological polar surface area (TPSA) is 60.4 Å². The predicted octanol–water partition coefficient (Wildman–Crippen LogP) is 4.72. The van der Waals surface area contributed by atoms with Crippen molar-refractivity contribution in [3.63, 3.8) is 0 Å². The first-order valence-electron chi connectivity index (χ1n) is 8.83. The molecule has 1 amide bonds. The van der Waals surface area contributed by atoms with Gasteiger partial charge in [0.05, 0.1) is 38.0 Å². The van der Waals surface area contributed by atoms with Crippen molar-refractivity contribution in [2.75, 3.05) is 34.5 Å². The minimum Gasteiger partial charge on any atom is -0.493 e. The third kappa shape index (κ3) is 5.01. The van der Waals surface area contributed by atoms with Crippen LogP contribution in [0.3, 0.4) is 0 Å². The Morgan fingerprint density at radius 1 is 1.10 bits per heavy atom. The lowest BCUT2D eigenvalue weighted by Crippen LogP contribution is -2.32. The van der Waals surface area contributed by atoms with Crippen LogP contribution in [0, 0.1) is 0 Å². The second kappa shape index (κ2) is 9.96. The van der Waals surface area contributed by atoms with Gasteiger partial charge in [-0.2, -0.15) is 0 Å². The van der Waals surface area contributed by atoms with E-state index in [1.807, 2.05) is 48.5 Å². The lowest BCUT2D eigenvalue weighted by Gasteiger charge is -2.14. The number of hydrogen-bond acceptors (Lipinski definition) is 6. The summed E-state index contributed by atoms with van der Waals surface area (Å²) < 4.78 is 16.7. The number of benzene rings is 2. The zero-order valence-electron chi connectivity index (χ0n) is 16.3. The molecule has 1 fully saturated rings. The maximum Gasteiger partial charge on any atom is 0.266 e. The van der Waals surface area contributed by atoms with Crippen molar-refractivity contribution < 1.29 is 19.0 Å². The van der Waals surface area contributed by atoms with Crippen LogP contribution in [0.1, 0.15) is 5.56 Å². The number of methoxy groups -OCH3 is 3. The largest absolute Gasteiger partial charge is 0.493 e. The third-order valence-corrected chi connectivity index (χ3v) is 5.87. The average molecular weight is 477 g/mol. The van der Waals surface area contributed by atoms with Gasteiger partial charge in [0.15, 0.2) is 16.7 Å². The van der Waals surface area contributed by atoms with Crippen LogP contribution in [-0.4, -0.2) is 50.5 Å². The minimum atomic E-state index is -0.108.